The molecule has 3 rings (SSSR count). The number of rotatable bonds is 3. The Morgan fingerprint density at radius 1 is 1.22 bits per heavy atom. The average Bonchev–Trinajstić information content (AvgIpc) is 2.54. The standard InChI is InChI=1S/C19H18BrNO2/c1-12(2)13-6-7-15-14(10-13)8-9-21(19(15)23)18-5-3-4-17(20)16(18)11-22/h3-7,10-12H,8-9H2,1-2H3. The number of carbonyl (C=O) groups excluding carboxylic acids is 2. The summed E-state index contributed by atoms with van der Waals surface area (Å²) in [4.78, 5) is 26.0. The third-order valence-corrected chi connectivity index (χ3v) is 5.01. The molecule has 2 aromatic rings. The second kappa shape index (κ2) is 6.28. The van der Waals surface area contributed by atoms with Crippen LogP contribution in [-0.2, 0) is 6.42 Å². The lowest BCUT2D eigenvalue weighted by Crippen LogP contribution is -2.38. The maximum atomic E-state index is 12.9. The van der Waals surface area contributed by atoms with E-state index in [1.165, 1.54) is 5.56 Å². The quantitative estimate of drug-likeness (QED) is 0.740. The monoisotopic (exact) mass is 371 g/mol. The summed E-state index contributed by atoms with van der Waals surface area (Å²) in [7, 11) is 0. The van der Waals surface area contributed by atoms with Crippen molar-refractivity contribution in [2.75, 3.05) is 11.4 Å². The molecule has 0 N–H and O–H groups in total. The molecule has 1 aliphatic rings. The molecular weight excluding hydrogens is 354 g/mol. The van der Waals surface area contributed by atoms with E-state index in [4.69, 9.17) is 0 Å². The van der Waals surface area contributed by atoms with E-state index in [-0.39, 0.29) is 5.91 Å². The first kappa shape index (κ1) is 15.9. The molecule has 1 aliphatic heterocycles. The predicted octanol–water partition coefficient (Wildman–Crippen LogP) is 4.59. The lowest BCUT2D eigenvalue weighted by Gasteiger charge is -2.30. The molecule has 3 nitrogen and oxygen atoms in total. The van der Waals surface area contributed by atoms with Crippen LogP contribution in [0.3, 0.4) is 0 Å². The summed E-state index contributed by atoms with van der Waals surface area (Å²) >= 11 is 3.38. The fourth-order valence-corrected chi connectivity index (χ4v) is 3.42. The smallest absolute Gasteiger partial charge is 0.258 e. The van der Waals surface area contributed by atoms with E-state index in [9.17, 15) is 9.59 Å². The summed E-state index contributed by atoms with van der Waals surface area (Å²) in [6.45, 7) is 4.89. The Balaban J connectivity index is 2.02. The molecule has 118 valence electrons. The van der Waals surface area contributed by atoms with Crippen LogP contribution < -0.4 is 4.90 Å². The van der Waals surface area contributed by atoms with Crippen molar-refractivity contribution >= 4 is 33.8 Å². The molecule has 4 heteroatoms. The molecule has 1 amide bonds. The van der Waals surface area contributed by atoms with Crippen molar-refractivity contribution in [3.63, 3.8) is 0 Å². The van der Waals surface area contributed by atoms with E-state index in [0.29, 0.717) is 28.2 Å². The highest BCUT2D eigenvalue weighted by Gasteiger charge is 2.27. The van der Waals surface area contributed by atoms with Crippen LogP contribution in [0.1, 0.15) is 51.6 Å². The minimum atomic E-state index is -0.0391. The summed E-state index contributed by atoms with van der Waals surface area (Å²) in [5.74, 6) is 0.405. The molecule has 0 spiro atoms. The second-order valence-electron chi connectivity index (χ2n) is 6.07. The Morgan fingerprint density at radius 2 is 2.00 bits per heavy atom. The Hall–Kier alpha value is -1.94. The van der Waals surface area contributed by atoms with Gasteiger partial charge in [0.25, 0.3) is 5.91 Å². The summed E-state index contributed by atoms with van der Waals surface area (Å²) in [6, 6.07) is 11.5. The van der Waals surface area contributed by atoms with Gasteiger partial charge in [0.05, 0.1) is 11.3 Å². The van der Waals surface area contributed by atoms with Gasteiger partial charge in [-0.2, -0.15) is 0 Å². The zero-order valence-electron chi connectivity index (χ0n) is 13.2. The van der Waals surface area contributed by atoms with Crippen LogP contribution >= 0.6 is 15.9 Å². The first-order valence-corrected chi connectivity index (χ1v) is 8.50. The van der Waals surface area contributed by atoms with Crippen LogP contribution in [-0.4, -0.2) is 18.7 Å². The highest BCUT2D eigenvalue weighted by molar-refractivity contribution is 9.10. The van der Waals surface area contributed by atoms with Gasteiger partial charge in [-0.25, -0.2) is 0 Å². The zero-order chi connectivity index (χ0) is 16.6. The number of carbonyl (C=O) groups is 2. The van der Waals surface area contributed by atoms with E-state index in [2.05, 4.69) is 35.8 Å². The van der Waals surface area contributed by atoms with E-state index >= 15 is 0 Å². The van der Waals surface area contributed by atoms with Gasteiger partial charge in [-0.3, -0.25) is 9.59 Å². The number of hydrogen-bond donors (Lipinski definition) is 0. The van der Waals surface area contributed by atoms with E-state index in [0.717, 1.165) is 23.8 Å². The Bertz CT molecular complexity index is 783. The number of benzene rings is 2. The van der Waals surface area contributed by atoms with Gasteiger partial charge in [0, 0.05) is 16.6 Å². The van der Waals surface area contributed by atoms with E-state index in [1.807, 2.05) is 30.3 Å². The summed E-state index contributed by atoms with van der Waals surface area (Å²) in [5, 5.41) is 0. The van der Waals surface area contributed by atoms with Crippen molar-refractivity contribution in [1.82, 2.24) is 0 Å². The largest absolute Gasteiger partial charge is 0.307 e. The van der Waals surface area contributed by atoms with E-state index in [1.54, 1.807) is 4.90 Å². The molecule has 0 saturated carbocycles. The highest BCUT2D eigenvalue weighted by Crippen LogP contribution is 2.31. The van der Waals surface area contributed by atoms with Gasteiger partial charge < -0.3 is 4.90 Å². The van der Waals surface area contributed by atoms with Crippen LogP contribution in [0.4, 0.5) is 5.69 Å². The van der Waals surface area contributed by atoms with Crippen LogP contribution in [0.2, 0.25) is 0 Å². The second-order valence-corrected chi connectivity index (χ2v) is 6.92. The topological polar surface area (TPSA) is 37.4 Å². The Labute approximate surface area is 144 Å². The summed E-state index contributed by atoms with van der Waals surface area (Å²) in [5.41, 5.74) is 4.26. The number of nitrogens with zero attached hydrogens (tertiary/aromatic N) is 1. The predicted molar refractivity (Wildman–Crippen MR) is 95.4 cm³/mol. The van der Waals surface area contributed by atoms with Crippen LogP contribution in [0.15, 0.2) is 40.9 Å². The van der Waals surface area contributed by atoms with Gasteiger partial charge in [-0.05, 0) is 57.6 Å². The van der Waals surface area contributed by atoms with Gasteiger partial charge in [0.15, 0.2) is 6.29 Å². The van der Waals surface area contributed by atoms with Crippen molar-refractivity contribution in [2.45, 2.75) is 26.2 Å². The lowest BCUT2D eigenvalue weighted by atomic mass is 9.92. The molecule has 0 unspecified atom stereocenters. The van der Waals surface area contributed by atoms with Gasteiger partial charge >= 0.3 is 0 Å². The number of amides is 1. The van der Waals surface area contributed by atoms with Crippen molar-refractivity contribution in [3.8, 4) is 0 Å². The number of halogens is 1. The molecule has 0 saturated heterocycles. The fourth-order valence-electron chi connectivity index (χ4n) is 2.97. The maximum absolute atomic E-state index is 12.9. The van der Waals surface area contributed by atoms with Crippen molar-refractivity contribution in [3.05, 3.63) is 63.1 Å². The number of aldehydes is 1. The molecule has 0 aromatic heterocycles. The summed E-state index contributed by atoms with van der Waals surface area (Å²) in [6.07, 6.45) is 1.59. The third-order valence-electron chi connectivity index (χ3n) is 4.31. The van der Waals surface area contributed by atoms with Crippen molar-refractivity contribution in [2.24, 2.45) is 0 Å². The first-order chi connectivity index (χ1) is 11.0. The Kier molecular flexibility index (Phi) is 4.35. The molecule has 0 radical (unpaired) electrons. The molecule has 23 heavy (non-hydrogen) atoms. The number of fused-ring (bicyclic) bond motifs is 1. The molecule has 0 fully saturated rings. The average molecular weight is 372 g/mol. The number of hydrogen-bond acceptors (Lipinski definition) is 2. The van der Waals surface area contributed by atoms with Gasteiger partial charge in [-0.15, -0.1) is 0 Å². The van der Waals surface area contributed by atoms with Gasteiger partial charge in [-0.1, -0.05) is 32.0 Å². The van der Waals surface area contributed by atoms with Crippen LogP contribution in [0.5, 0.6) is 0 Å². The highest BCUT2D eigenvalue weighted by atomic mass is 79.9. The number of anilines is 1. The SMILES string of the molecule is CC(C)c1ccc2c(c1)CCN(c1cccc(Br)c1C=O)C2=O. The molecule has 0 atom stereocenters. The molecular formula is C19H18BrNO2. The molecule has 0 aliphatic carbocycles. The lowest BCUT2D eigenvalue weighted by molar-refractivity contribution is 0.0980. The maximum Gasteiger partial charge on any atom is 0.258 e. The molecule has 2 aromatic carbocycles. The van der Waals surface area contributed by atoms with Gasteiger partial charge in [0.2, 0.25) is 0 Å². The van der Waals surface area contributed by atoms with E-state index < -0.39 is 0 Å². The van der Waals surface area contributed by atoms with Gasteiger partial charge in [0.1, 0.15) is 0 Å². The molecule has 1 heterocycles. The molecule has 0 bridgehead atoms. The van der Waals surface area contributed by atoms with Crippen molar-refractivity contribution in [1.29, 1.82) is 0 Å². The minimum absolute atomic E-state index is 0.0391. The van der Waals surface area contributed by atoms with Crippen LogP contribution in [0, 0.1) is 0 Å². The first-order valence-electron chi connectivity index (χ1n) is 7.71. The van der Waals surface area contributed by atoms with Crippen molar-refractivity contribution < 1.29 is 9.59 Å². The fraction of sp³-hybridized carbons (Fsp3) is 0.263. The third kappa shape index (κ3) is 2.83. The van der Waals surface area contributed by atoms with Crippen LogP contribution in [0.25, 0.3) is 0 Å². The summed E-state index contributed by atoms with van der Waals surface area (Å²) < 4.78 is 0.707. The minimum Gasteiger partial charge on any atom is -0.307 e. The normalized spacial score (nSPS) is 14.1. The zero-order valence-corrected chi connectivity index (χ0v) is 14.8. The Morgan fingerprint density at radius 3 is 2.70 bits per heavy atom.